The Kier molecular flexibility index (Phi) is 28.8. The molecular weight excluding hydrogens is 1430 g/mol. The number of hydrogen-bond donors (Lipinski definition) is 8. The molecule has 2 aromatic heterocycles. The summed E-state index contributed by atoms with van der Waals surface area (Å²) in [4.78, 5) is 145. The Bertz CT molecular complexity index is 4540. The van der Waals surface area contributed by atoms with Gasteiger partial charge in [-0.2, -0.15) is 0 Å². The number of esters is 3. The summed E-state index contributed by atoms with van der Waals surface area (Å²) in [6.07, 6.45) is 10.0. The van der Waals surface area contributed by atoms with E-state index in [-0.39, 0.29) is 111 Å². The quantitative estimate of drug-likeness (QED) is 0.00452. The van der Waals surface area contributed by atoms with Crippen molar-refractivity contribution in [3.63, 3.8) is 0 Å². The van der Waals surface area contributed by atoms with Crippen molar-refractivity contribution in [1.82, 2.24) is 31.2 Å². The summed E-state index contributed by atoms with van der Waals surface area (Å²) in [5, 5.41) is 33.4. The lowest BCUT2D eigenvalue weighted by atomic mass is 9.94. The molecule has 1 aliphatic heterocycles. The molecule has 1 saturated heterocycles. The number of allylic oxidation sites excluding steroid dienone is 1. The predicted octanol–water partition coefficient (Wildman–Crippen LogP) is 13.6. The zero-order chi connectivity index (χ0) is 80.1. The van der Waals surface area contributed by atoms with Crippen molar-refractivity contribution in [1.29, 1.82) is 10.8 Å². The van der Waals surface area contributed by atoms with Gasteiger partial charge in [0.1, 0.15) is 47.3 Å². The van der Waals surface area contributed by atoms with E-state index >= 15 is 0 Å². The van der Waals surface area contributed by atoms with Gasteiger partial charge in [0, 0.05) is 87.0 Å². The van der Waals surface area contributed by atoms with E-state index in [1.54, 1.807) is 26.8 Å². The van der Waals surface area contributed by atoms with Gasteiger partial charge < -0.3 is 63.9 Å². The van der Waals surface area contributed by atoms with Crippen molar-refractivity contribution in [2.24, 2.45) is 23.7 Å². The van der Waals surface area contributed by atoms with Crippen molar-refractivity contribution in [3.05, 3.63) is 166 Å². The molecule has 2 aliphatic carbocycles. The van der Waals surface area contributed by atoms with Crippen LogP contribution in [0.4, 0.5) is 25.8 Å². The zero-order valence-electron chi connectivity index (χ0n) is 63.6. The maximum absolute atomic E-state index is 15.0. The number of amidine groups is 2. The fourth-order valence-electron chi connectivity index (χ4n) is 11.7. The molecule has 0 radical (unpaired) electrons. The van der Waals surface area contributed by atoms with E-state index in [1.807, 2.05) is 6.08 Å². The smallest absolute Gasteiger partial charge is 0.496 e. The van der Waals surface area contributed by atoms with Crippen LogP contribution in [-0.4, -0.2) is 147 Å². The molecule has 2 saturated carbocycles. The second-order valence-electron chi connectivity index (χ2n) is 27.6. The van der Waals surface area contributed by atoms with Crippen LogP contribution >= 0.6 is 0 Å². The number of ether oxygens (including phenoxy) is 9. The van der Waals surface area contributed by atoms with Crippen LogP contribution in [-0.2, 0) is 38.0 Å². The standard InChI is InChI=1S/C82H94N10O19/c1-11-14-16-18-36-105-79(100)91-70(83)51-24-28-56(29-25-51)87-72(93)62-39-50(13-3)66(103-9)41-60(62)58-32-34-65(89-68(58)77(98)107-45-82(8)47(6)108-81(102)111-82)75(96)86-44-55-38-53(55)22-23-54-40-63(73(94)88-57-30-26-52(27-31-57)71(84)92-80(101)106-37-19-17-15-12-2)61(42-67(54)104-10)59-33-35-64(74(95)85-43-49-20-21-49)90-69(59)78(99)110-48(7)109-76(97)46(4)5/h13,22-35,39-42,46-49,53,55H,3,11-12,14-21,36-38,43-45H2,1-2,4-10H3,(H,85,95)(H,86,96)(H,87,93)(H,88,94)(H2,83,91,100)(H2,84,92,101)/b23-22+. The van der Waals surface area contributed by atoms with Gasteiger partial charge in [-0.05, 0) is 161 Å². The normalized spacial score (nSPS) is 16.3. The second-order valence-corrected chi connectivity index (χ2v) is 27.6. The van der Waals surface area contributed by atoms with Gasteiger partial charge in [0.05, 0.1) is 33.4 Å². The molecule has 8 N–H and O–H groups in total. The Morgan fingerprint density at radius 1 is 0.613 bits per heavy atom. The molecule has 9 rings (SSSR count). The number of benzene rings is 4. The first-order valence-corrected chi connectivity index (χ1v) is 36.9. The minimum absolute atomic E-state index is 0.00102. The summed E-state index contributed by atoms with van der Waals surface area (Å²) >= 11 is 0. The third kappa shape index (κ3) is 22.7. The number of hydrogen-bond acceptors (Lipinski definition) is 23. The van der Waals surface area contributed by atoms with Crippen LogP contribution in [0.25, 0.3) is 34.4 Å². The lowest BCUT2D eigenvalue weighted by molar-refractivity contribution is -0.169. The Labute approximate surface area is 643 Å². The SMILES string of the molecule is C=Cc1cc(C(=O)Nc2ccc(C(=N)NC(=O)OCCCCCC)cc2)c(-c2ccc(C(=O)NCC3CC3/C=C/c3cc(C(=O)Nc4ccc(C(=N)NC(=O)OCCCCCC)cc4)c(-c4ccc(C(=O)NCC5CC5)nc4C(=O)OC(C)OC(=O)C(C)C)cc3OC)nc2C(=O)OCC2(C)OC(=O)OC2C)cc1OC. The number of amides is 6. The van der Waals surface area contributed by atoms with Crippen LogP contribution in [0.15, 0.2) is 110 Å². The highest BCUT2D eigenvalue weighted by molar-refractivity contribution is 6.13. The molecule has 3 heterocycles. The number of unbranched alkanes of at least 4 members (excludes halogenated alkanes) is 6. The molecule has 3 fully saturated rings. The van der Waals surface area contributed by atoms with Gasteiger partial charge in [-0.3, -0.25) is 45.4 Å². The molecular formula is C82H94N10O19. The Balaban J connectivity index is 0.979. The zero-order valence-corrected chi connectivity index (χ0v) is 63.6. The average molecular weight is 1520 g/mol. The number of pyridine rings is 2. The number of anilines is 2. The van der Waals surface area contributed by atoms with E-state index in [4.69, 9.17) is 53.5 Å². The van der Waals surface area contributed by atoms with E-state index in [0.29, 0.717) is 54.0 Å². The van der Waals surface area contributed by atoms with Crippen molar-refractivity contribution in [3.8, 4) is 33.8 Å². The van der Waals surface area contributed by atoms with Crippen molar-refractivity contribution in [2.75, 3.05) is 57.8 Å². The molecule has 0 bridgehead atoms. The summed E-state index contributed by atoms with van der Waals surface area (Å²) in [6, 6.07) is 23.9. The largest absolute Gasteiger partial charge is 0.509 e. The van der Waals surface area contributed by atoms with E-state index < -0.39 is 102 Å². The van der Waals surface area contributed by atoms with Gasteiger partial charge in [-0.1, -0.05) is 91.0 Å². The summed E-state index contributed by atoms with van der Waals surface area (Å²) in [5.41, 5.74) is -0.337. The number of methoxy groups -OCH3 is 2. The van der Waals surface area contributed by atoms with Gasteiger partial charge in [0.15, 0.2) is 17.0 Å². The monoisotopic (exact) mass is 1520 g/mol. The lowest BCUT2D eigenvalue weighted by Crippen LogP contribution is -2.40. The van der Waals surface area contributed by atoms with E-state index in [1.165, 1.54) is 131 Å². The molecule has 5 unspecified atom stereocenters. The highest BCUT2D eigenvalue weighted by Crippen LogP contribution is 2.42. The molecule has 586 valence electrons. The minimum atomic E-state index is -1.42. The van der Waals surface area contributed by atoms with E-state index in [2.05, 4.69) is 62.3 Å². The molecule has 29 heteroatoms. The van der Waals surface area contributed by atoms with E-state index in [0.717, 1.165) is 51.4 Å². The average Bonchev–Trinajstić information content (AvgIpc) is 1.62. The maximum atomic E-state index is 15.0. The summed E-state index contributed by atoms with van der Waals surface area (Å²) in [5.74, 6) is -5.96. The molecule has 111 heavy (non-hydrogen) atoms. The molecule has 3 aliphatic rings. The summed E-state index contributed by atoms with van der Waals surface area (Å²) in [6.45, 7) is 16.1. The first-order chi connectivity index (χ1) is 53.2. The molecule has 4 aromatic carbocycles. The number of carbonyl (C=O) groups excluding carboxylic acids is 10. The summed E-state index contributed by atoms with van der Waals surface area (Å²) < 4.78 is 49.6. The molecule has 0 spiro atoms. The van der Waals surface area contributed by atoms with Crippen molar-refractivity contribution in [2.45, 2.75) is 137 Å². The van der Waals surface area contributed by atoms with Crippen LogP contribution in [0.3, 0.4) is 0 Å². The van der Waals surface area contributed by atoms with Gasteiger partial charge in [0.25, 0.3) is 23.6 Å². The van der Waals surface area contributed by atoms with Crippen LogP contribution in [0.1, 0.15) is 204 Å². The van der Waals surface area contributed by atoms with Gasteiger partial charge in [-0.25, -0.2) is 33.9 Å². The fraction of sp³-hybridized carbons (Fsp3) is 0.390. The highest BCUT2D eigenvalue weighted by atomic mass is 16.8. The van der Waals surface area contributed by atoms with E-state index in [9.17, 15) is 47.9 Å². The van der Waals surface area contributed by atoms with Gasteiger partial charge in [-0.15, -0.1) is 0 Å². The molecule has 5 atom stereocenters. The van der Waals surface area contributed by atoms with Gasteiger partial charge >= 0.3 is 36.2 Å². The van der Waals surface area contributed by atoms with Crippen LogP contribution in [0.2, 0.25) is 0 Å². The number of carbonyl (C=O) groups is 10. The predicted molar refractivity (Wildman–Crippen MR) is 412 cm³/mol. The number of alkyl carbamates (subject to hydrolysis) is 2. The minimum Gasteiger partial charge on any atom is -0.496 e. The molecule has 6 amide bonds. The Morgan fingerprint density at radius 3 is 1.58 bits per heavy atom. The first-order valence-electron chi connectivity index (χ1n) is 36.9. The first kappa shape index (κ1) is 82.8. The number of nitrogens with one attached hydrogen (secondary N) is 8. The lowest BCUT2D eigenvalue weighted by Gasteiger charge is -2.24. The summed E-state index contributed by atoms with van der Waals surface area (Å²) in [7, 11) is 2.81. The van der Waals surface area contributed by atoms with Crippen molar-refractivity contribution >= 4 is 95.1 Å². The number of rotatable bonds is 36. The van der Waals surface area contributed by atoms with Crippen LogP contribution < -0.4 is 41.4 Å². The third-order valence-electron chi connectivity index (χ3n) is 18.7. The number of cyclic esters (lactones) is 2. The highest BCUT2D eigenvalue weighted by Gasteiger charge is 2.47. The maximum Gasteiger partial charge on any atom is 0.509 e. The Morgan fingerprint density at radius 2 is 1.11 bits per heavy atom. The van der Waals surface area contributed by atoms with Gasteiger partial charge in [0.2, 0.25) is 6.29 Å². The van der Waals surface area contributed by atoms with Crippen molar-refractivity contribution < 1.29 is 90.6 Å². The third-order valence-corrected chi connectivity index (χ3v) is 18.7. The van der Waals surface area contributed by atoms with Crippen LogP contribution in [0, 0.1) is 34.5 Å². The Hall–Kier alpha value is -12.3. The van der Waals surface area contributed by atoms with Crippen LogP contribution in [0.5, 0.6) is 11.5 Å². The fourth-order valence-corrected chi connectivity index (χ4v) is 11.7. The molecule has 29 nitrogen and oxygen atoms in total. The molecule has 6 aromatic rings. The topological polar surface area (TPSA) is 399 Å². The second kappa shape index (κ2) is 38.7. The number of aromatic nitrogens is 2. The number of nitrogens with zero attached hydrogens (tertiary/aromatic N) is 2.